The summed E-state index contributed by atoms with van der Waals surface area (Å²) in [5.41, 5.74) is 0.583. The van der Waals surface area contributed by atoms with Crippen LogP contribution in [0.4, 0.5) is 0 Å². The highest BCUT2D eigenvalue weighted by atomic mass is 16.2. The van der Waals surface area contributed by atoms with Crippen LogP contribution in [-0.2, 0) is 4.79 Å². The van der Waals surface area contributed by atoms with Crippen molar-refractivity contribution in [2.24, 2.45) is 11.3 Å². The van der Waals surface area contributed by atoms with Gasteiger partial charge in [0.25, 0.3) is 0 Å². The first kappa shape index (κ1) is 13.8. The van der Waals surface area contributed by atoms with Crippen molar-refractivity contribution in [2.45, 2.75) is 25.3 Å². The molecule has 3 unspecified atom stereocenters. The van der Waals surface area contributed by atoms with Crippen molar-refractivity contribution in [3.8, 4) is 0 Å². The average molecular weight is 258 g/mol. The van der Waals surface area contributed by atoms with Gasteiger partial charge in [0.2, 0.25) is 5.91 Å². The minimum Gasteiger partial charge on any atom is -0.329 e. The van der Waals surface area contributed by atoms with E-state index >= 15 is 0 Å². The number of fused-ring (bicyclic) bond motifs is 1. The Hall–Kier alpha value is -1.61. The number of allylic oxidation sites excluding steroid dienone is 5. The van der Waals surface area contributed by atoms with Crippen LogP contribution in [-0.4, -0.2) is 19.0 Å². The molecule has 0 radical (unpaired) electrons. The van der Waals surface area contributed by atoms with E-state index in [0.29, 0.717) is 6.42 Å². The summed E-state index contributed by atoms with van der Waals surface area (Å²) < 4.78 is 0. The van der Waals surface area contributed by atoms with E-state index < -0.39 is 5.41 Å². The molecule has 102 valence electrons. The molecule has 1 fully saturated rings. The molecule has 3 nitrogen and oxygen atoms in total. The van der Waals surface area contributed by atoms with E-state index in [-0.39, 0.29) is 17.9 Å². The lowest BCUT2D eigenvalue weighted by Gasteiger charge is -2.39. The highest BCUT2D eigenvalue weighted by Gasteiger charge is 2.55. The van der Waals surface area contributed by atoms with Gasteiger partial charge in [-0.3, -0.25) is 4.79 Å². The highest BCUT2D eigenvalue weighted by Crippen LogP contribution is 2.48. The standard InChI is InChI=1S/C16H22N2O/c1-4-8-14(17-3)16(11-5-2)12-9-6-7-10-13(12)18-15(16)19/h4-7,10,12,14,17H,1-2,8-9,11H2,3H3,(H,18,19). The number of hydrogen-bond donors (Lipinski definition) is 2. The zero-order chi connectivity index (χ0) is 13.9. The molecule has 0 aromatic carbocycles. The van der Waals surface area contributed by atoms with E-state index in [9.17, 15) is 4.79 Å². The molecule has 2 rings (SSSR count). The summed E-state index contributed by atoms with van der Waals surface area (Å²) in [6.07, 6.45) is 12.2. The van der Waals surface area contributed by atoms with Crippen LogP contribution in [0.3, 0.4) is 0 Å². The number of amides is 1. The first-order valence-corrected chi connectivity index (χ1v) is 6.78. The molecule has 0 bridgehead atoms. The second-order valence-corrected chi connectivity index (χ2v) is 5.19. The van der Waals surface area contributed by atoms with Crippen LogP contribution in [0.1, 0.15) is 19.3 Å². The molecule has 1 aliphatic carbocycles. The Labute approximate surface area is 115 Å². The monoisotopic (exact) mass is 258 g/mol. The average Bonchev–Trinajstić information content (AvgIpc) is 2.70. The first-order valence-electron chi connectivity index (χ1n) is 6.78. The fourth-order valence-electron chi connectivity index (χ4n) is 3.42. The van der Waals surface area contributed by atoms with Gasteiger partial charge in [-0.15, -0.1) is 13.2 Å². The van der Waals surface area contributed by atoms with Crippen molar-refractivity contribution in [3.63, 3.8) is 0 Å². The van der Waals surface area contributed by atoms with Crippen molar-refractivity contribution in [3.05, 3.63) is 49.2 Å². The maximum Gasteiger partial charge on any atom is 0.232 e. The SMILES string of the molecule is C=CCC(NC)C1(CC=C)C(=O)NC2=CC=CCC21. The van der Waals surface area contributed by atoms with E-state index in [1.165, 1.54) is 0 Å². The van der Waals surface area contributed by atoms with Crippen LogP contribution in [0.25, 0.3) is 0 Å². The topological polar surface area (TPSA) is 41.1 Å². The molecule has 1 aliphatic heterocycles. The summed E-state index contributed by atoms with van der Waals surface area (Å²) in [6, 6.07) is 0.0744. The molecule has 0 saturated carbocycles. The van der Waals surface area contributed by atoms with Crippen LogP contribution in [0, 0.1) is 11.3 Å². The molecule has 2 N–H and O–H groups in total. The van der Waals surface area contributed by atoms with Crippen molar-refractivity contribution in [2.75, 3.05) is 7.05 Å². The van der Waals surface area contributed by atoms with Gasteiger partial charge >= 0.3 is 0 Å². The number of hydrogen-bond acceptors (Lipinski definition) is 2. The molecule has 1 amide bonds. The minimum atomic E-state index is -0.457. The molecule has 1 heterocycles. The number of rotatable bonds is 6. The molecule has 19 heavy (non-hydrogen) atoms. The van der Waals surface area contributed by atoms with Gasteiger partial charge in [0.15, 0.2) is 0 Å². The summed E-state index contributed by atoms with van der Waals surface area (Å²) in [6.45, 7) is 7.66. The van der Waals surface area contributed by atoms with Gasteiger partial charge in [-0.25, -0.2) is 0 Å². The van der Waals surface area contributed by atoms with Gasteiger partial charge in [-0.05, 0) is 32.4 Å². The van der Waals surface area contributed by atoms with Crippen molar-refractivity contribution >= 4 is 5.91 Å². The van der Waals surface area contributed by atoms with Crippen LogP contribution in [0.5, 0.6) is 0 Å². The van der Waals surface area contributed by atoms with Gasteiger partial charge in [-0.1, -0.05) is 24.3 Å². The zero-order valence-electron chi connectivity index (χ0n) is 11.5. The van der Waals surface area contributed by atoms with Crippen molar-refractivity contribution in [1.29, 1.82) is 0 Å². The molecular weight excluding hydrogens is 236 g/mol. The lowest BCUT2D eigenvalue weighted by atomic mass is 9.65. The van der Waals surface area contributed by atoms with Crippen LogP contribution in [0.2, 0.25) is 0 Å². The molecule has 3 atom stereocenters. The Morgan fingerprint density at radius 1 is 1.58 bits per heavy atom. The quantitative estimate of drug-likeness (QED) is 0.718. The third-order valence-electron chi connectivity index (χ3n) is 4.32. The molecule has 0 aromatic heterocycles. The summed E-state index contributed by atoms with van der Waals surface area (Å²) in [5, 5.41) is 6.36. The van der Waals surface area contributed by atoms with E-state index in [2.05, 4.69) is 29.9 Å². The summed E-state index contributed by atoms with van der Waals surface area (Å²) in [5.74, 6) is 0.314. The van der Waals surface area contributed by atoms with Gasteiger partial charge in [0.05, 0.1) is 5.41 Å². The Balaban J connectivity index is 2.45. The Morgan fingerprint density at radius 2 is 2.37 bits per heavy atom. The lowest BCUT2D eigenvalue weighted by Crippen LogP contribution is -2.51. The van der Waals surface area contributed by atoms with Gasteiger partial charge in [-0.2, -0.15) is 0 Å². The van der Waals surface area contributed by atoms with Crippen LogP contribution in [0.15, 0.2) is 49.2 Å². The predicted octanol–water partition coefficient (Wildman–Crippen LogP) is 2.30. The number of nitrogens with one attached hydrogen (secondary N) is 2. The Morgan fingerprint density at radius 3 is 3.00 bits per heavy atom. The van der Waals surface area contributed by atoms with Crippen molar-refractivity contribution < 1.29 is 4.79 Å². The predicted molar refractivity (Wildman–Crippen MR) is 78.4 cm³/mol. The largest absolute Gasteiger partial charge is 0.329 e. The summed E-state index contributed by atoms with van der Waals surface area (Å²) >= 11 is 0. The molecule has 0 aromatic rings. The fourth-order valence-corrected chi connectivity index (χ4v) is 3.42. The van der Waals surface area contributed by atoms with Gasteiger partial charge in [0.1, 0.15) is 0 Å². The van der Waals surface area contributed by atoms with E-state index in [0.717, 1.165) is 18.5 Å². The second kappa shape index (κ2) is 5.57. The molecular formula is C16H22N2O. The van der Waals surface area contributed by atoms with Crippen molar-refractivity contribution in [1.82, 2.24) is 10.6 Å². The molecule has 3 heteroatoms. The Kier molecular flexibility index (Phi) is 4.05. The van der Waals surface area contributed by atoms with E-state index in [1.807, 2.05) is 31.4 Å². The minimum absolute atomic E-state index is 0.0744. The van der Waals surface area contributed by atoms with E-state index in [4.69, 9.17) is 0 Å². The van der Waals surface area contributed by atoms with E-state index in [1.54, 1.807) is 0 Å². The smallest absolute Gasteiger partial charge is 0.232 e. The van der Waals surface area contributed by atoms with Crippen LogP contribution >= 0.6 is 0 Å². The normalized spacial score (nSPS) is 30.3. The van der Waals surface area contributed by atoms with Gasteiger partial charge < -0.3 is 10.6 Å². The Bertz CT molecular complexity index is 450. The maximum atomic E-state index is 12.6. The lowest BCUT2D eigenvalue weighted by molar-refractivity contribution is -0.130. The van der Waals surface area contributed by atoms with Gasteiger partial charge in [0, 0.05) is 17.7 Å². The number of carbonyl (C=O) groups is 1. The molecule has 1 saturated heterocycles. The molecule has 0 spiro atoms. The first-order chi connectivity index (χ1) is 9.20. The van der Waals surface area contributed by atoms with Crippen LogP contribution < -0.4 is 10.6 Å². The molecule has 2 aliphatic rings. The third-order valence-corrected chi connectivity index (χ3v) is 4.32. The maximum absolute atomic E-state index is 12.6. The summed E-state index contributed by atoms with van der Waals surface area (Å²) in [7, 11) is 1.91. The fraction of sp³-hybridized carbons (Fsp3) is 0.438. The summed E-state index contributed by atoms with van der Waals surface area (Å²) in [4.78, 5) is 12.6. The zero-order valence-corrected chi connectivity index (χ0v) is 11.5. The second-order valence-electron chi connectivity index (χ2n) is 5.19. The third kappa shape index (κ3) is 2.08. The number of carbonyl (C=O) groups excluding carboxylic acids is 1. The highest BCUT2D eigenvalue weighted by molar-refractivity contribution is 5.89.